The van der Waals surface area contributed by atoms with Gasteiger partial charge in [-0.1, -0.05) is 0 Å². The molecule has 2 saturated heterocycles. The van der Waals surface area contributed by atoms with Gasteiger partial charge in [-0.3, -0.25) is 10.00 Å². The number of aromatic amines is 1. The third-order valence-corrected chi connectivity index (χ3v) is 3.89. The Morgan fingerprint density at radius 3 is 3.31 bits per heavy atom. The Balaban J connectivity index is 1.57. The summed E-state index contributed by atoms with van der Waals surface area (Å²) in [6.07, 6.45) is 5.32. The van der Waals surface area contributed by atoms with E-state index in [4.69, 9.17) is 0 Å². The van der Waals surface area contributed by atoms with Crippen LogP contribution in [-0.4, -0.2) is 52.3 Å². The molecule has 0 radical (unpaired) electrons. The van der Waals surface area contributed by atoms with Gasteiger partial charge in [-0.15, -0.1) is 0 Å². The van der Waals surface area contributed by atoms with Gasteiger partial charge in [0.15, 0.2) is 0 Å². The van der Waals surface area contributed by atoms with E-state index < -0.39 is 0 Å². The van der Waals surface area contributed by atoms with Crippen molar-refractivity contribution in [3.63, 3.8) is 0 Å². The minimum absolute atomic E-state index is 0.761. The van der Waals surface area contributed by atoms with E-state index in [2.05, 4.69) is 25.4 Å². The van der Waals surface area contributed by atoms with E-state index in [0.717, 1.165) is 30.7 Å². The van der Waals surface area contributed by atoms with E-state index >= 15 is 0 Å². The zero-order valence-corrected chi connectivity index (χ0v) is 9.52. The second kappa shape index (κ2) is 4.51. The third-order valence-electron chi connectivity index (χ3n) is 3.89. The van der Waals surface area contributed by atoms with Crippen LogP contribution in [-0.2, 0) is 6.42 Å². The van der Waals surface area contributed by atoms with Crippen LogP contribution >= 0.6 is 0 Å². The van der Waals surface area contributed by atoms with Gasteiger partial charge < -0.3 is 5.32 Å². The molecule has 2 aliphatic rings. The first-order valence-electron chi connectivity index (χ1n) is 6.22. The Morgan fingerprint density at radius 1 is 1.44 bits per heavy atom. The van der Waals surface area contributed by atoms with Gasteiger partial charge in [0.05, 0.1) is 0 Å². The van der Waals surface area contributed by atoms with Crippen molar-refractivity contribution in [2.45, 2.75) is 25.3 Å². The van der Waals surface area contributed by atoms with Crippen molar-refractivity contribution < 1.29 is 0 Å². The molecule has 2 N–H and O–H groups in total. The number of hydrogen-bond donors (Lipinski definition) is 2. The molecule has 0 aromatic carbocycles. The van der Waals surface area contributed by atoms with Crippen LogP contribution in [0.1, 0.15) is 18.7 Å². The Kier molecular flexibility index (Phi) is 2.88. The number of nitrogens with zero attached hydrogens (tertiary/aromatic N) is 3. The van der Waals surface area contributed by atoms with Crippen LogP contribution < -0.4 is 5.32 Å². The molecule has 5 nitrogen and oxygen atoms in total. The molecule has 5 heteroatoms. The van der Waals surface area contributed by atoms with Gasteiger partial charge in [0.25, 0.3) is 0 Å². The molecule has 0 bridgehead atoms. The maximum absolute atomic E-state index is 4.18. The fourth-order valence-corrected chi connectivity index (χ4v) is 3.04. The van der Waals surface area contributed by atoms with E-state index in [0.29, 0.717) is 0 Å². The van der Waals surface area contributed by atoms with Crippen molar-refractivity contribution in [3.05, 3.63) is 12.2 Å². The second-order valence-electron chi connectivity index (χ2n) is 4.85. The van der Waals surface area contributed by atoms with E-state index in [1.54, 1.807) is 6.33 Å². The predicted molar refractivity (Wildman–Crippen MR) is 61.0 cm³/mol. The molecule has 1 aromatic heterocycles. The van der Waals surface area contributed by atoms with Crippen LogP contribution in [0, 0.1) is 5.92 Å². The Bertz CT molecular complexity index is 323. The molecule has 3 heterocycles. The molecule has 3 rings (SSSR count). The van der Waals surface area contributed by atoms with Crippen LogP contribution in [0.15, 0.2) is 6.33 Å². The first-order valence-corrected chi connectivity index (χ1v) is 6.22. The summed E-state index contributed by atoms with van der Waals surface area (Å²) in [5.41, 5.74) is 0. The summed E-state index contributed by atoms with van der Waals surface area (Å²) in [5, 5.41) is 10.3. The zero-order valence-electron chi connectivity index (χ0n) is 9.52. The highest BCUT2D eigenvalue weighted by atomic mass is 15.2. The summed E-state index contributed by atoms with van der Waals surface area (Å²) in [6, 6.07) is 0.761. The molecule has 1 aromatic rings. The van der Waals surface area contributed by atoms with Crippen molar-refractivity contribution in [1.82, 2.24) is 25.4 Å². The SMILES string of the molecule is c1n[nH]c(CCN2CCC[C@H]3CNC[C@H]32)n1. The number of aromatic nitrogens is 3. The van der Waals surface area contributed by atoms with Crippen molar-refractivity contribution in [3.8, 4) is 0 Å². The lowest BCUT2D eigenvalue weighted by molar-refractivity contribution is 0.126. The molecular weight excluding hydrogens is 202 g/mol. The summed E-state index contributed by atoms with van der Waals surface area (Å²) in [6.45, 7) is 4.74. The third kappa shape index (κ3) is 1.97. The van der Waals surface area contributed by atoms with Crippen molar-refractivity contribution in [1.29, 1.82) is 0 Å². The lowest BCUT2D eigenvalue weighted by Crippen LogP contribution is -2.45. The number of nitrogens with one attached hydrogen (secondary N) is 2. The van der Waals surface area contributed by atoms with Gasteiger partial charge in [0.1, 0.15) is 12.2 Å². The molecule has 16 heavy (non-hydrogen) atoms. The minimum atomic E-state index is 0.761. The molecule has 0 unspecified atom stereocenters. The van der Waals surface area contributed by atoms with Crippen molar-refractivity contribution in [2.24, 2.45) is 5.92 Å². The molecule has 88 valence electrons. The molecule has 0 aliphatic carbocycles. The lowest BCUT2D eigenvalue weighted by Gasteiger charge is -2.36. The number of hydrogen-bond acceptors (Lipinski definition) is 4. The lowest BCUT2D eigenvalue weighted by atomic mass is 9.92. The number of rotatable bonds is 3. The fraction of sp³-hybridized carbons (Fsp3) is 0.818. The number of H-pyrrole nitrogens is 1. The number of likely N-dealkylation sites (tertiary alicyclic amines) is 1. The van der Waals surface area contributed by atoms with Gasteiger partial charge in [-0.2, -0.15) is 5.10 Å². The molecule has 0 amide bonds. The molecule has 2 fully saturated rings. The number of fused-ring (bicyclic) bond motifs is 1. The highest BCUT2D eigenvalue weighted by Gasteiger charge is 2.34. The molecular formula is C11H19N5. The van der Waals surface area contributed by atoms with Gasteiger partial charge >= 0.3 is 0 Å². The normalized spacial score (nSPS) is 30.5. The fourth-order valence-electron chi connectivity index (χ4n) is 3.04. The second-order valence-corrected chi connectivity index (χ2v) is 4.85. The zero-order chi connectivity index (χ0) is 10.8. The van der Waals surface area contributed by atoms with Crippen LogP contribution in [0.2, 0.25) is 0 Å². The maximum Gasteiger partial charge on any atom is 0.137 e. The van der Waals surface area contributed by atoms with E-state index in [9.17, 15) is 0 Å². The van der Waals surface area contributed by atoms with Gasteiger partial charge in [-0.05, 0) is 31.8 Å². The Hall–Kier alpha value is -0.940. The monoisotopic (exact) mass is 221 g/mol. The average molecular weight is 221 g/mol. The Labute approximate surface area is 95.6 Å². The standard InChI is InChI=1S/C11H19N5/c1-2-9-6-12-7-10(9)16(4-1)5-3-11-13-8-14-15-11/h8-10,12H,1-7H2,(H,13,14,15)/t9-,10+/m0/s1. The average Bonchev–Trinajstić information content (AvgIpc) is 2.97. The highest BCUT2D eigenvalue weighted by molar-refractivity contribution is 4.93. The van der Waals surface area contributed by atoms with Gasteiger partial charge in [0.2, 0.25) is 0 Å². The van der Waals surface area contributed by atoms with E-state index in [1.165, 1.54) is 32.5 Å². The van der Waals surface area contributed by atoms with E-state index in [-0.39, 0.29) is 0 Å². The first kappa shape index (κ1) is 10.2. The minimum Gasteiger partial charge on any atom is -0.315 e. The predicted octanol–water partition coefficient (Wildman–Crippen LogP) is 0.0310. The van der Waals surface area contributed by atoms with Crippen LogP contribution in [0.5, 0.6) is 0 Å². The smallest absolute Gasteiger partial charge is 0.137 e. The van der Waals surface area contributed by atoms with E-state index in [1.807, 2.05) is 0 Å². The molecule has 0 saturated carbocycles. The summed E-state index contributed by atoms with van der Waals surface area (Å²) in [4.78, 5) is 6.80. The topological polar surface area (TPSA) is 56.8 Å². The van der Waals surface area contributed by atoms with Crippen LogP contribution in [0.4, 0.5) is 0 Å². The van der Waals surface area contributed by atoms with Crippen LogP contribution in [0.3, 0.4) is 0 Å². The summed E-state index contributed by atoms with van der Waals surface area (Å²) in [7, 11) is 0. The Morgan fingerprint density at radius 2 is 2.44 bits per heavy atom. The quantitative estimate of drug-likeness (QED) is 0.756. The molecule has 2 atom stereocenters. The van der Waals surface area contributed by atoms with Gasteiger partial charge in [-0.25, -0.2) is 4.98 Å². The highest BCUT2D eigenvalue weighted by Crippen LogP contribution is 2.26. The van der Waals surface area contributed by atoms with Gasteiger partial charge in [0, 0.05) is 25.6 Å². The summed E-state index contributed by atoms with van der Waals surface area (Å²) >= 11 is 0. The maximum atomic E-state index is 4.18. The van der Waals surface area contributed by atoms with Crippen molar-refractivity contribution in [2.75, 3.05) is 26.2 Å². The molecule has 0 spiro atoms. The van der Waals surface area contributed by atoms with Crippen molar-refractivity contribution >= 4 is 0 Å². The van der Waals surface area contributed by atoms with Crippen LogP contribution in [0.25, 0.3) is 0 Å². The largest absolute Gasteiger partial charge is 0.315 e. The summed E-state index contributed by atoms with van der Waals surface area (Å²) in [5.74, 6) is 1.89. The number of piperidine rings is 1. The summed E-state index contributed by atoms with van der Waals surface area (Å²) < 4.78 is 0. The first-order chi connectivity index (χ1) is 7.93. The molecule has 2 aliphatic heterocycles.